The van der Waals surface area contributed by atoms with Crippen LogP contribution in [0.2, 0.25) is 0 Å². The fourth-order valence-electron chi connectivity index (χ4n) is 2.05. The lowest BCUT2D eigenvalue weighted by Gasteiger charge is -2.32. The van der Waals surface area contributed by atoms with Gasteiger partial charge in [0.05, 0.1) is 6.10 Å². The Morgan fingerprint density at radius 2 is 1.88 bits per heavy atom. The molecule has 0 unspecified atom stereocenters. The Hall–Kier alpha value is -1.69. The lowest BCUT2D eigenvalue weighted by atomic mass is 10.3. The van der Waals surface area contributed by atoms with Crippen LogP contribution in [0.25, 0.3) is 0 Å². The van der Waals surface area contributed by atoms with E-state index in [1.807, 2.05) is 0 Å². The molecule has 1 heterocycles. The fourth-order valence-corrected chi connectivity index (χ4v) is 2.44. The van der Waals surface area contributed by atoms with Gasteiger partial charge < -0.3 is 30.9 Å². The van der Waals surface area contributed by atoms with E-state index in [0.717, 1.165) is 13.3 Å². The molecule has 150 valence electrons. The lowest BCUT2D eigenvalue weighted by molar-refractivity contribution is -0.334. The zero-order valence-electron chi connectivity index (χ0n) is 13.9. The molecule has 9 nitrogen and oxygen atoms in total. The molecule has 1 aromatic rings. The van der Waals surface area contributed by atoms with Crippen molar-refractivity contribution in [3.8, 4) is 0 Å². The molecule has 14 heteroatoms. The molecule has 1 aromatic heterocycles. The Morgan fingerprint density at radius 1 is 1.31 bits per heavy atom. The number of aromatic nitrogens is 2. The van der Waals surface area contributed by atoms with Gasteiger partial charge in [-0.3, -0.25) is 4.57 Å². The van der Waals surface area contributed by atoms with Crippen LogP contribution in [0.3, 0.4) is 0 Å². The quantitative estimate of drug-likeness (QED) is 0.355. The highest BCUT2D eigenvalue weighted by Gasteiger charge is 2.70. The van der Waals surface area contributed by atoms with Crippen molar-refractivity contribution in [2.45, 2.75) is 38.1 Å². The predicted molar refractivity (Wildman–Crippen MR) is 85.8 cm³/mol. The molecule has 26 heavy (non-hydrogen) atoms. The van der Waals surface area contributed by atoms with Gasteiger partial charge in [-0.2, -0.15) is 17.6 Å². The van der Waals surface area contributed by atoms with Crippen LogP contribution in [0.15, 0.2) is 6.33 Å². The molecule has 0 spiro atoms. The first-order valence-corrected chi connectivity index (χ1v) is 8.95. The molecule has 0 aliphatic heterocycles. The third-order valence-corrected chi connectivity index (χ3v) is 4.22. The maximum absolute atomic E-state index is 13.6. The minimum atomic E-state index is -6.44. The van der Waals surface area contributed by atoms with Gasteiger partial charge in [0, 0.05) is 13.1 Å². The summed E-state index contributed by atoms with van der Waals surface area (Å²) in [6.45, 7) is 2.67. The number of rotatable bonds is 9. The summed E-state index contributed by atoms with van der Waals surface area (Å²) in [4.78, 5) is 25.8. The van der Waals surface area contributed by atoms with Gasteiger partial charge in [0.1, 0.15) is 12.0 Å². The first kappa shape index (κ1) is 22.4. The van der Waals surface area contributed by atoms with E-state index in [-0.39, 0.29) is 30.4 Å². The molecule has 0 bridgehead atoms. The zero-order chi connectivity index (χ0) is 20.3. The predicted octanol–water partition coefficient (Wildman–Crippen LogP) is 1.63. The van der Waals surface area contributed by atoms with Gasteiger partial charge >= 0.3 is 19.4 Å². The van der Waals surface area contributed by atoms with Gasteiger partial charge in [0.25, 0.3) is 0 Å². The summed E-state index contributed by atoms with van der Waals surface area (Å²) in [7, 11) is -6.44. The van der Waals surface area contributed by atoms with Crippen molar-refractivity contribution in [1.82, 2.24) is 9.97 Å². The summed E-state index contributed by atoms with van der Waals surface area (Å²) in [6.07, 6.45) is -5.35. The molecule has 0 aromatic carbocycles. The summed E-state index contributed by atoms with van der Waals surface area (Å²) >= 11 is 0. The van der Waals surface area contributed by atoms with Crippen LogP contribution in [-0.4, -0.2) is 50.7 Å². The number of nitrogens with zero attached hydrogens (tertiary/aromatic N) is 3. The number of hydrogen-bond donors (Lipinski definition) is 4. The summed E-state index contributed by atoms with van der Waals surface area (Å²) in [5.41, 5.74) is 5.59. The number of nitrogens with two attached hydrogens (primary N) is 2. The van der Waals surface area contributed by atoms with Crippen molar-refractivity contribution in [2.24, 2.45) is 0 Å². The van der Waals surface area contributed by atoms with E-state index in [1.54, 1.807) is 6.92 Å². The van der Waals surface area contributed by atoms with Crippen molar-refractivity contribution in [1.29, 1.82) is 0 Å². The first-order chi connectivity index (χ1) is 11.7. The van der Waals surface area contributed by atoms with Crippen molar-refractivity contribution in [3.63, 3.8) is 0 Å². The molecule has 0 saturated carbocycles. The monoisotopic (exact) mass is 405 g/mol. The van der Waals surface area contributed by atoms with Crippen LogP contribution < -0.4 is 16.4 Å². The molecule has 6 N–H and O–H groups in total. The normalized spacial score (nSPS) is 14.3. The van der Waals surface area contributed by atoms with Crippen LogP contribution in [0.1, 0.15) is 20.3 Å². The fraction of sp³-hybridized carbons (Fsp3) is 0.667. The molecule has 0 fully saturated rings. The van der Waals surface area contributed by atoms with Crippen molar-refractivity contribution < 1.29 is 36.7 Å². The third kappa shape index (κ3) is 4.72. The van der Waals surface area contributed by atoms with Gasteiger partial charge in [-0.25, -0.2) is 9.97 Å². The molecule has 0 amide bonds. The van der Waals surface area contributed by atoms with E-state index >= 15 is 0 Å². The van der Waals surface area contributed by atoms with Crippen molar-refractivity contribution in [3.05, 3.63) is 6.33 Å². The Labute approximate surface area is 146 Å². The van der Waals surface area contributed by atoms with E-state index in [2.05, 4.69) is 14.7 Å². The second-order valence-electron chi connectivity index (χ2n) is 5.47. The van der Waals surface area contributed by atoms with Crippen molar-refractivity contribution >= 4 is 24.9 Å². The number of alkyl halides is 4. The van der Waals surface area contributed by atoms with Crippen LogP contribution in [0.4, 0.5) is 34.9 Å². The van der Waals surface area contributed by atoms with E-state index in [4.69, 9.17) is 21.3 Å². The second kappa shape index (κ2) is 7.91. The standard InChI is InChI=1S/C12H20F4N5O4P/c1-3-4-21(10-8(17)9(18)19-6-20-10)5-7(2)25-11(13,14)12(15,16)26(22,23)24/h6-7H,3-5,17H2,1-2H3,(H2,18,19,20)(H2,22,23,24)/t7-/m1/s1. The molecular formula is C12H20F4N5O4P. The Kier molecular flexibility index (Phi) is 6.80. The van der Waals surface area contributed by atoms with Gasteiger partial charge in [-0.15, -0.1) is 0 Å². The topological polar surface area (TPSA) is 148 Å². The minimum Gasteiger partial charge on any atom is -0.393 e. The number of anilines is 3. The van der Waals surface area contributed by atoms with E-state index in [1.165, 1.54) is 4.90 Å². The molecule has 1 rings (SSSR count). The largest absolute Gasteiger partial charge is 0.434 e. The van der Waals surface area contributed by atoms with Crippen LogP contribution in [0.5, 0.6) is 0 Å². The van der Waals surface area contributed by atoms with Gasteiger partial charge in [0.2, 0.25) is 0 Å². The lowest BCUT2D eigenvalue weighted by Crippen LogP contribution is -2.47. The first-order valence-electron chi connectivity index (χ1n) is 7.34. The van der Waals surface area contributed by atoms with Crippen LogP contribution in [-0.2, 0) is 9.30 Å². The average Bonchev–Trinajstić information content (AvgIpc) is 2.47. The maximum atomic E-state index is 13.6. The Morgan fingerprint density at radius 3 is 2.38 bits per heavy atom. The van der Waals surface area contributed by atoms with E-state index in [9.17, 15) is 22.1 Å². The van der Waals surface area contributed by atoms with Gasteiger partial charge in [-0.1, -0.05) is 6.92 Å². The summed E-state index contributed by atoms with van der Waals surface area (Å²) < 4.78 is 68.3. The summed E-state index contributed by atoms with van der Waals surface area (Å²) in [5.74, 6) is 0.0444. The Bertz CT molecular complexity index is 675. The highest BCUT2D eigenvalue weighted by atomic mass is 31.2. The third-order valence-electron chi connectivity index (χ3n) is 3.23. The summed E-state index contributed by atoms with van der Waals surface area (Å²) in [6, 6.07) is 0. The smallest absolute Gasteiger partial charge is 0.393 e. The van der Waals surface area contributed by atoms with E-state index in [0.29, 0.717) is 6.42 Å². The maximum Gasteiger partial charge on any atom is 0.434 e. The van der Waals surface area contributed by atoms with Crippen LogP contribution >= 0.6 is 7.60 Å². The van der Waals surface area contributed by atoms with Crippen molar-refractivity contribution in [2.75, 3.05) is 29.5 Å². The Balaban J connectivity index is 3.00. The van der Waals surface area contributed by atoms with E-state index < -0.39 is 25.5 Å². The number of halogens is 4. The van der Waals surface area contributed by atoms with Crippen LogP contribution in [0, 0.1) is 0 Å². The number of hydrogen-bond acceptors (Lipinski definition) is 7. The summed E-state index contributed by atoms with van der Waals surface area (Å²) in [5, 5.41) is 0. The SMILES string of the molecule is CCCN(C[C@@H](C)OC(F)(F)C(F)(F)P(=O)(O)O)c1ncnc(N)c1N. The van der Waals surface area contributed by atoms with Gasteiger partial charge in [-0.05, 0) is 13.3 Å². The second-order valence-corrected chi connectivity index (χ2v) is 7.12. The highest BCUT2D eigenvalue weighted by molar-refractivity contribution is 7.53. The average molecular weight is 405 g/mol. The number of nitrogen functional groups attached to an aromatic ring is 2. The molecule has 0 radical (unpaired) electrons. The molecule has 1 atom stereocenters. The minimum absolute atomic E-state index is 0.0274. The molecule has 0 aliphatic rings. The van der Waals surface area contributed by atoms with Gasteiger partial charge in [0.15, 0.2) is 11.6 Å². The number of ether oxygens (including phenoxy) is 1. The molecular weight excluding hydrogens is 385 g/mol. The zero-order valence-corrected chi connectivity index (χ0v) is 14.8. The molecule has 0 aliphatic carbocycles. The highest BCUT2D eigenvalue weighted by Crippen LogP contribution is 2.60. The molecule has 0 saturated heterocycles.